The van der Waals surface area contributed by atoms with Crippen molar-refractivity contribution in [2.75, 3.05) is 27.3 Å². The third-order valence-corrected chi connectivity index (χ3v) is 3.93. The van der Waals surface area contributed by atoms with Crippen molar-refractivity contribution in [1.29, 1.82) is 0 Å². The lowest BCUT2D eigenvalue weighted by molar-refractivity contribution is -0.126. The van der Waals surface area contributed by atoms with Crippen LogP contribution < -0.4 is 20.1 Å². The van der Waals surface area contributed by atoms with Crippen LogP contribution in [-0.2, 0) is 4.79 Å². The second-order valence-corrected chi connectivity index (χ2v) is 5.39. The summed E-state index contributed by atoms with van der Waals surface area (Å²) in [4.78, 5) is 12.3. The van der Waals surface area contributed by atoms with Crippen LogP contribution in [0, 0.1) is 5.92 Å². The van der Waals surface area contributed by atoms with Gasteiger partial charge in [0.1, 0.15) is 0 Å². The standard InChI is InChI=1S/C16H24N2O3/c1-11(18-16(19)13-5-4-8-17-10-13)12-6-7-14(20-2)15(9-12)21-3/h6-7,9,11,13,17H,4-5,8,10H2,1-3H3,(H,18,19)/t11?,13-/m1/s1. The highest BCUT2D eigenvalue weighted by Crippen LogP contribution is 2.30. The highest BCUT2D eigenvalue weighted by Gasteiger charge is 2.22. The van der Waals surface area contributed by atoms with E-state index in [4.69, 9.17) is 9.47 Å². The fourth-order valence-electron chi connectivity index (χ4n) is 2.61. The Hall–Kier alpha value is -1.75. The number of hydrogen-bond donors (Lipinski definition) is 2. The maximum Gasteiger partial charge on any atom is 0.224 e. The van der Waals surface area contributed by atoms with E-state index in [1.807, 2.05) is 25.1 Å². The van der Waals surface area contributed by atoms with E-state index in [-0.39, 0.29) is 17.9 Å². The number of rotatable bonds is 5. The molecule has 1 aromatic carbocycles. The Balaban J connectivity index is 2.02. The minimum Gasteiger partial charge on any atom is -0.493 e. The minimum absolute atomic E-state index is 0.0563. The molecule has 1 saturated heterocycles. The smallest absolute Gasteiger partial charge is 0.224 e. The van der Waals surface area contributed by atoms with E-state index in [1.54, 1.807) is 14.2 Å². The molecule has 1 aromatic rings. The maximum absolute atomic E-state index is 12.3. The molecule has 0 radical (unpaired) electrons. The number of carbonyl (C=O) groups excluding carboxylic acids is 1. The van der Waals surface area contributed by atoms with E-state index in [0.29, 0.717) is 11.5 Å². The SMILES string of the molecule is COc1ccc(C(C)NC(=O)[C@@H]2CCCNC2)cc1OC. The predicted octanol–water partition coefficient (Wildman–Crippen LogP) is 1.88. The predicted molar refractivity (Wildman–Crippen MR) is 81.7 cm³/mol. The van der Waals surface area contributed by atoms with Gasteiger partial charge in [-0.3, -0.25) is 4.79 Å². The Labute approximate surface area is 126 Å². The molecule has 1 aliphatic rings. The number of piperidine rings is 1. The van der Waals surface area contributed by atoms with Crippen LogP contribution in [0.25, 0.3) is 0 Å². The minimum atomic E-state index is -0.0563. The fraction of sp³-hybridized carbons (Fsp3) is 0.562. The van der Waals surface area contributed by atoms with Gasteiger partial charge in [0.2, 0.25) is 5.91 Å². The summed E-state index contributed by atoms with van der Waals surface area (Å²) in [7, 11) is 3.22. The molecule has 0 aromatic heterocycles. The maximum atomic E-state index is 12.3. The first-order valence-electron chi connectivity index (χ1n) is 7.38. The molecule has 1 heterocycles. The van der Waals surface area contributed by atoms with Gasteiger partial charge in [0.25, 0.3) is 0 Å². The van der Waals surface area contributed by atoms with Crippen molar-refractivity contribution >= 4 is 5.91 Å². The zero-order valence-corrected chi connectivity index (χ0v) is 12.9. The first-order chi connectivity index (χ1) is 10.2. The largest absolute Gasteiger partial charge is 0.493 e. The number of hydrogen-bond acceptors (Lipinski definition) is 4. The van der Waals surface area contributed by atoms with E-state index in [9.17, 15) is 4.79 Å². The quantitative estimate of drug-likeness (QED) is 0.870. The summed E-state index contributed by atoms with van der Waals surface area (Å²) >= 11 is 0. The lowest BCUT2D eigenvalue weighted by Crippen LogP contribution is -2.41. The second kappa shape index (κ2) is 7.31. The molecule has 116 valence electrons. The van der Waals surface area contributed by atoms with Crippen LogP contribution in [0.5, 0.6) is 11.5 Å². The van der Waals surface area contributed by atoms with Crippen LogP contribution in [-0.4, -0.2) is 33.2 Å². The molecule has 1 aliphatic heterocycles. The van der Waals surface area contributed by atoms with Gasteiger partial charge < -0.3 is 20.1 Å². The van der Waals surface area contributed by atoms with Crippen molar-refractivity contribution in [2.24, 2.45) is 5.92 Å². The van der Waals surface area contributed by atoms with Gasteiger partial charge in [0, 0.05) is 6.54 Å². The van der Waals surface area contributed by atoms with E-state index in [1.165, 1.54) is 0 Å². The molecule has 2 atom stereocenters. The average molecular weight is 292 g/mol. The zero-order chi connectivity index (χ0) is 15.2. The highest BCUT2D eigenvalue weighted by atomic mass is 16.5. The molecular weight excluding hydrogens is 268 g/mol. The number of benzene rings is 1. The average Bonchev–Trinajstić information content (AvgIpc) is 2.54. The van der Waals surface area contributed by atoms with Crippen LogP contribution in [0.2, 0.25) is 0 Å². The summed E-state index contributed by atoms with van der Waals surface area (Å²) in [6.07, 6.45) is 2.01. The Morgan fingerprint density at radius 3 is 2.71 bits per heavy atom. The number of ether oxygens (including phenoxy) is 2. The first kappa shape index (κ1) is 15.6. The van der Waals surface area contributed by atoms with Crippen molar-refractivity contribution in [1.82, 2.24) is 10.6 Å². The monoisotopic (exact) mass is 292 g/mol. The van der Waals surface area contributed by atoms with Crippen molar-refractivity contribution in [2.45, 2.75) is 25.8 Å². The first-order valence-corrected chi connectivity index (χ1v) is 7.38. The van der Waals surface area contributed by atoms with Crippen LogP contribution in [0.4, 0.5) is 0 Å². The van der Waals surface area contributed by atoms with Gasteiger partial charge in [-0.1, -0.05) is 6.07 Å². The molecule has 0 aliphatic carbocycles. The van der Waals surface area contributed by atoms with Crippen LogP contribution in [0.3, 0.4) is 0 Å². The molecular formula is C16H24N2O3. The lowest BCUT2D eigenvalue weighted by Gasteiger charge is -2.24. The van der Waals surface area contributed by atoms with E-state index in [2.05, 4.69) is 10.6 Å². The number of amides is 1. The molecule has 1 unspecified atom stereocenters. The topological polar surface area (TPSA) is 59.6 Å². The van der Waals surface area contributed by atoms with Gasteiger partial charge in [0.15, 0.2) is 11.5 Å². The number of nitrogens with one attached hydrogen (secondary N) is 2. The Kier molecular flexibility index (Phi) is 5.44. The summed E-state index contributed by atoms with van der Waals surface area (Å²) in [5, 5.41) is 6.34. The molecule has 0 saturated carbocycles. The molecule has 1 fully saturated rings. The van der Waals surface area contributed by atoms with Gasteiger partial charge in [-0.05, 0) is 44.0 Å². The molecule has 1 amide bonds. The number of methoxy groups -OCH3 is 2. The van der Waals surface area contributed by atoms with E-state index in [0.717, 1.165) is 31.5 Å². The van der Waals surface area contributed by atoms with Gasteiger partial charge in [-0.15, -0.1) is 0 Å². The van der Waals surface area contributed by atoms with Gasteiger partial charge >= 0.3 is 0 Å². The summed E-state index contributed by atoms with van der Waals surface area (Å²) in [6, 6.07) is 5.66. The molecule has 2 N–H and O–H groups in total. The van der Waals surface area contributed by atoms with E-state index < -0.39 is 0 Å². The normalized spacial score (nSPS) is 19.7. The van der Waals surface area contributed by atoms with Crippen LogP contribution >= 0.6 is 0 Å². The molecule has 5 heteroatoms. The third-order valence-electron chi connectivity index (χ3n) is 3.93. The Bertz CT molecular complexity index is 484. The molecule has 0 bridgehead atoms. The van der Waals surface area contributed by atoms with Gasteiger partial charge in [-0.2, -0.15) is 0 Å². The van der Waals surface area contributed by atoms with Gasteiger partial charge in [-0.25, -0.2) is 0 Å². The van der Waals surface area contributed by atoms with E-state index >= 15 is 0 Å². The Morgan fingerprint density at radius 1 is 1.33 bits per heavy atom. The summed E-state index contributed by atoms with van der Waals surface area (Å²) < 4.78 is 10.5. The molecule has 2 rings (SSSR count). The summed E-state index contributed by atoms with van der Waals surface area (Å²) in [5.74, 6) is 1.55. The fourth-order valence-corrected chi connectivity index (χ4v) is 2.61. The van der Waals surface area contributed by atoms with Crippen molar-refractivity contribution < 1.29 is 14.3 Å². The van der Waals surface area contributed by atoms with Crippen LogP contribution in [0.1, 0.15) is 31.4 Å². The molecule has 0 spiro atoms. The van der Waals surface area contributed by atoms with Crippen LogP contribution in [0.15, 0.2) is 18.2 Å². The highest BCUT2D eigenvalue weighted by molar-refractivity contribution is 5.79. The second-order valence-electron chi connectivity index (χ2n) is 5.39. The van der Waals surface area contributed by atoms with Crippen molar-refractivity contribution in [3.63, 3.8) is 0 Å². The van der Waals surface area contributed by atoms with Gasteiger partial charge in [0.05, 0.1) is 26.2 Å². The molecule has 5 nitrogen and oxygen atoms in total. The Morgan fingerprint density at radius 2 is 2.10 bits per heavy atom. The number of carbonyl (C=O) groups is 1. The molecule has 21 heavy (non-hydrogen) atoms. The van der Waals surface area contributed by atoms with Crippen molar-refractivity contribution in [3.8, 4) is 11.5 Å². The zero-order valence-electron chi connectivity index (χ0n) is 12.9. The van der Waals surface area contributed by atoms with Crippen molar-refractivity contribution in [3.05, 3.63) is 23.8 Å². The summed E-state index contributed by atoms with van der Waals surface area (Å²) in [6.45, 7) is 3.76. The summed E-state index contributed by atoms with van der Waals surface area (Å²) in [5.41, 5.74) is 1.00. The lowest BCUT2D eigenvalue weighted by atomic mass is 9.98. The third kappa shape index (κ3) is 3.88.